The van der Waals surface area contributed by atoms with Gasteiger partial charge in [0.15, 0.2) is 10.7 Å². The van der Waals surface area contributed by atoms with Gasteiger partial charge >= 0.3 is 5.97 Å². The molecule has 4 aliphatic carbocycles. The topological polar surface area (TPSA) is 100 Å². The van der Waals surface area contributed by atoms with Crippen LogP contribution >= 0.6 is 0 Å². The zero-order chi connectivity index (χ0) is 26.3. The molecular formula is C29H44N2O6. The van der Waals surface area contributed by atoms with Crippen LogP contribution in [0.2, 0.25) is 0 Å². The minimum absolute atomic E-state index is 0.0429. The summed E-state index contributed by atoms with van der Waals surface area (Å²) in [5, 5.41) is 14.7. The maximum atomic E-state index is 11.6. The maximum Gasteiger partial charge on any atom is 0.302 e. The number of esters is 1. The summed E-state index contributed by atoms with van der Waals surface area (Å²) >= 11 is 0. The van der Waals surface area contributed by atoms with Crippen molar-refractivity contribution in [3.8, 4) is 0 Å². The van der Waals surface area contributed by atoms with Crippen LogP contribution in [-0.2, 0) is 19.0 Å². The normalized spacial score (nSPS) is 53.8. The van der Waals surface area contributed by atoms with Gasteiger partial charge in [-0.3, -0.25) is 4.79 Å². The Labute approximate surface area is 220 Å². The fourth-order valence-electron chi connectivity index (χ4n) is 10.8. The van der Waals surface area contributed by atoms with Gasteiger partial charge in [0.2, 0.25) is 5.79 Å². The van der Waals surface area contributed by atoms with E-state index in [0.717, 1.165) is 25.7 Å². The molecule has 2 heterocycles. The van der Waals surface area contributed by atoms with E-state index in [2.05, 4.69) is 32.8 Å². The van der Waals surface area contributed by atoms with Crippen LogP contribution in [0.1, 0.15) is 92.4 Å². The van der Waals surface area contributed by atoms with Crippen molar-refractivity contribution < 1.29 is 24.0 Å². The minimum Gasteiger partial charge on any atom is -0.463 e. The van der Waals surface area contributed by atoms with Crippen molar-refractivity contribution in [1.29, 1.82) is 0 Å². The molecule has 0 aromatic rings. The first-order valence-corrected chi connectivity index (χ1v) is 14.7. The largest absolute Gasteiger partial charge is 0.463 e. The van der Waals surface area contributed by atoms with Crippen molar-refractivity contribution in [2.75, 3.05) is 6.61 Å². The second kappa shape index (κ2) is 8.73. The highest BCUT2D eigenvalue weighted by Gasteiger charge is 2.70. The summed E-state index contributed by atoms with van der Waals surface area (Å²) in [5.41, 5.74) is 0.948. The van der Waals surface area contributed by atoms with Crippen LogP contribution in [0.4, 0.5) is 0 Å². The lowest BCUT2D eigenvalue weighted by molar-refractivity contribution is -0.486. The molecule has 0 N–H and O–H groups in total. The van der Waals surface area contributed by atoms with Gasteiger partial charge in [0, 0.05) is 19.3 Å². The van der Waals surface area contributed by atoms with Crippen molar-refractivity contribution in [3.63, 3.8) is 0 Å². The van der Waals surface area contributed by atoms with E-state index in [1.807, 2.05) is 0 Å². The van der Waals surface area contributed by atoms with Crippen LogP contribution in [0.3, 0.4) is 0 Å². The quantitative estimate of drug-likeness (QED) is 0.269. The van der Waals surface area contributed by atoms with Crippen molar-refractivity contribution >= 4 is 11.7 Å². The van der Waals surface area contributed by atoms with E-state index in [1.165, 1.54) is 32.6 Å². The Bertz CT molecular complexity index is 1000. The highest BCUT2D eigenvalue weighted by molar-refractivity contribution is 5.92. The molecular weight excluding hydrogens is 472 g/mol. The summed E-state index contributed by atoms with van der Waals surface area (Å²) in [5.74, 6) is 2.03. The van der Waals surface area contributed by atoms with Crippen LogP contribution in [0, 0.1) is 62.4 Å². The van der Waals surface area contributed by atoms with E-state index >= 15 is 0 Å². The molecule has 0 aromatic heterocycles. The van der Waals surface area contributed by atoms with Crippen molar-refractivity contribution in [2.45, 2.75) is 110 Å². The number of rotatable bonds is 2. The van der Waals surface area contributed by atoms with Gasteiger partial charge in [-0.25, -0.2) is 10.1 Å². The van der Waals surface area contributed by atoms with Crippen molar-refractivity contribution in [2.24, 2.45) is 57.4 Å². The number of hydrazone groups is 1. The fraction of sp³-hybridized carbons (Fsp3) is 0.931. The van der Waals surface area contributed by atoms with Gasteiger partial charge in [-0.1, -0.05) is 27.7 Å². The number of hydrogen-bond acceptors (Lipinski definition) is 6. The molecule has 0 amide bonds. The highest BCUT2D eigenvalue weighted by Crippen LogP contribution is 2.71. The van der Waals surface area contributed by atoms with Gasteiger partial charge in [-0.15, -0.1) is 0 Å². The average Bonchev–Trinajstić information content (AvgIpc) is 3.27. The Morgan fingerprint density at radius 2 is 1.84 bits per heavy atom. The summed E-state index contributed by atoms with van der Waals surface area (Å²) in [4.78, 5) is 23.0. The van der Waals surface area contributed by atoms with Crippen LogP contribution in [-0.4, -0.2) is 41.3 Å². The third kappa shape index (κ3) is 3.75. The average molecular weight is 517 g/mol. The Morgan fingerprint density at radius 1 is 1.08 bits per heavy atom. The number of nitrogens with zero attached hydrogens (tertiary/aromatic N) is 2. The standard InChI is InChI=1S/C29H44N2O6/c1-16-12-25(30-31(33)34)29(35-15-16)17(2)26-24(37-29)14-23-21-7-6-19-13-20(36-18(3)32)8-10-27(19,4)22(21)9-11-28(23,26)5/h16-17,19-24,26H,6-15H2,1-5H3/b30-25+/t16-,17-,19+,20-,21+,22-,23-,24-,26-,27-,28-,29-/m0/s1. The van der Waals surface area contributed by atoms with Gasteiger partial charge < -0.3 is 14.2 Å². The van der Waals surface area contributed by atoms with E-state index in [9.17, 15) is 14.9 Å². The second-order valence-electron chi connectivity index (χ2n) is 14.0. The Balaban J connectivity index is 1.24. The van der Waals surface area contributed by atoms with Crippen LogP contribution in [0.15, 0.2) is 5.10 Å². The number of ether oxygens (including phenoxy) is 3. The predicted octanol–water partition coefficient (Wildman–Crippen LogP) is 5.61. The molecule has 12 atom stereocenters. The van der Waals surface area contributed by atoms with E-state index in [0.29, 0.717) is 53.7 Å². The number of carbonyl (C=O) groups is 1. The molecule has 8 nitrogen and oxygen atoms in total. The van der Waals surface area contributed by atoms with E-state index in [-0.39, 0.29) is 35.4 Å². The van der Waals surface area contributed by atoms with Crippen LogP contribution < -0.4 is 0 Å². The predicted molar refractivity (Wildman–Crippen MR) is 137 cm³/mol. The molecule has 0 bridgehead atoms. The van der Waals surface area contributed by atoms with Crippen molar-refractivity contribution in [3.05, 3.63) is 10.1 Å². The van der Waals surface area contributed by atoms with Crippen LogP contribution in [0.25, 0.3) is 0 Å². The first-order valence-electron chi connectivity index (χ1n) is 14.7. The summed E-state index contributed by atoms with van der Waals surface area (Å²) in [6, 6.07) is 0. The molecule has 8 heteroatoms. The zero-order valence-corrected chi connectivity index (χ0v) is 23.1. The summed E-state index contributed by atoms with van der Waals surface area (Å²) in [6.07, 6.45) is 9.78. The lowest BCUT2D eigenvalue weighted by atomic mass is 9.44. The molecule has 4 saturated carbocycles. The highest BCUT2D eigenvalue weighted by atomic mass is 16.7. The minimum atomic E-state index is -1.04. The van der Waals surface area contributed by atoms with Crippen LogP contribution in [0.5, 0.6) is 0 Å². The summed E-state index contributed by atoms with van der Waals surface area (Å²) in [6.45, 7) is 11.4. The van der Waals surface area contributed by atoms with Crippen molar-refractivity contribution in [1.82, 2.24) is 0 Å². The lowest BCUT2D eigenvalue weighted by Crippen LogP contribution is -2.56. The molecule has 2 saturated heterocycles. The monoisotopic (exact) mass is 516 g/mol. The van der Waals surface area contributed by atoms with Gasteiger partial charge in [0.05, 0.1) is 17.8 Å². The van der Waals surface area contributed by atoms with Gasteiger partial charge in [0.25, 0.3) is 0 Å². The molecule has 6 aliphatic rings. The molecule has 1 spiro atoms. The molecule has 37 heavy (non-hydrogen) atoms. The zero-order valence-electron chi connectivity index (χ0n) is 23.1. The molecule has 2 aliphatic heterocycles. The fourth-order valence-corrected chi connectivity index (χ4v) is 10.8. The summed E-state index contributed by atoms with van der Waals surface area (Å²) in [7, 11) is 0. The molecule has 0 radical (unpaired) electrons. The molecule has 206 valence electrons. The summed E-state index contributed by atoms with van der Waals surface area (Å²) < 4.78 is 18.8. The van der Waals surface area contributed by atoms with E-state index in [4.69, 9.17) is 14.2 Å². The third-order valence-electron chi connectivity index (χ3n) is 12.2. The second-order valence-corrected chi connectivity index (χ2v) is 14.0. The lowest BCUT2D eigenvalue weighted by Gasteiger charge is -2.61. The van der Waals surface area contributed by atoms with Gasteiger partial charge in [-0.05, 0) is 97.7 Å². The molecule has 6 fully saturated rings. The smallest absolute Gasteiger partial charge is 0.302 e. The molecule has 0 aromatic carbocycles. The Hall–Kier alpha value is -1.54. The third-order valence-corrected chi connectivity index (χ3v) is 12.2. The SMILES string of the molecule is CC(=O)O[C@H]1CC[C@@]2(C)[C@H](CC[C@@H]3[C@@H]2CC[C@]2(C)[C@@H]4[C@H](C[C@@H]32)O[C@@]2(OC[C@@H](C)C/C2=N\[N+](=O)[O-])[C@H]4C)C1. The van der Waals surface area contributed by atoms with E-state index < -0.39 is 10.8 Å². The number of nitro groups is 1. The van der Waals surface area contributed by atoms with Gasteiger partial charge in [0.1, 0.15) is 6.10 Å². The van der Waals surface area contributed by atoms with E-state index in [1.54, 1.807) is 0 Å². The molecule has 0 unspecified atom stereocenters. The Morgan fingerprint density at radius 3 is 2.57 bits per heavy atom. The first kappa shape index (κ1) is 25.7. The number of hydrogen-bond donors (Lipinski definition) is 0. The number of fused-ring (bicyclic) bond motifs is 7. The maximum absolute atomic E-state index is 11.6. The number of carbonyl (C=O) groups excluding carboxylic acids is 1. The Kier molecular flexibility index (Phi) is 6.07. The van der Waals surface area contributed by atoms with Gasteiger partial charge in [-0.2, -0.15) is 0 Å². The first-order chi connectivity index (χ1) is 17.5. The molecule has 6 rings (SSSR count).